The fraction of sp³-hybridized carbons (Fsp3) is 0.357. The quantitative estimate of drug-likeness (QED) is 0.0546. The minimum atomic E-state index is 0. The van der Waals surface area contributed by atoms with Gasteiger partial charge in [-0.2, -0.15) is 5.26 Å². The third kappa shape index (κ3) is 7.64. The number of benzene rings is 3. The smallest absolute Gasteiger partial charge is 0.162 e. The first-order chi connectivity index (χ1) is 22.5. The van der Waals surface area contributed by atoms with Gasteiger partial charge in [0.2, 0.25) is 0 Å². The molecule has 5 nitrogen and oxygen atoms in total. The van der Waals surface area contributed by atoms with Gasteiger partial charge in [0.1, 0.15) is 6.07 Å². The molecule has 6 aromatic rings. The van der Waals surface area contributed by atoms with E-state index in [1.54, 1.807) is 6.20 Å². The summed E-state index contributed by atoms with van der Waals surface area (Å²) >= 11 is 0. The van der Waals surface area contributed by atoms with E-state index in [1.807, 2.05) is 39.8 Å². The number of carbonyl (C=O) groups is 1. The van der Waals surface area contributed by atoms with Crippen molar-refractivity contribution in [1.29, 1.82) is 5.26 Å². The first-order valence-corrected chi connectivity index (χ1v) is 17.0. The van der Waals surface area contributed by atoms with Crippen molar-refractivity contribution in [3.05, 3.63) is 95.9 Å². The number of ketones is 1. The van der Waals surface area contributed by atoms with Crippen molar-refractivity contribution in [2.45, 2.75) is 80.6 Å². The maximum absolute atomic E-state index is 11.7. The van der Waals surface area contributed by atoms with Crippen molar-refractivity contribution in [3.8, 4) is 6.07 Å². The van der Waals surface area contributed by atoms with E-state index >= 15 is 0 Å². The normalized spacial score (nSPS) is 12.1. The summed E-state index contributed by atoms with van der Waals surface area (Å²) in [6.07, 6.45) is 7.57. The van der Waals surface area contributed by atoms with Gasteiger partial charge in [0, 0.05) is 60.8 Å². The van der Waals surface area contributed by atoms with E-state index in [0.29, 0.717) is 5.56 Å². The van der Waals surface area contributed by atoms with E-state index in [2.05, 4.69) is 85.8 Å². The number of carbonyl (C=O) groups excluding carboxylic acids is 1. The fourth-order valence-electron chi connectivity index (χ4n) is 6.64. The second kappa shape index (κ2) is 15.5. The van der Waals surface area contributed by atoms with Crippen molar-refractivity contribution in [2.75, 3.05) is 0 Å². The molecule has 0 spiro atoms. The van der Waals surface area contributed by atoms with Gasteiger partial charge in [-0.25, -0.2) is 0 Å². The molecule has 0 atom stereocenters. The maximum Gasteiger partial charge on any atom is 0.162 e. The molecular formula is C42H46IrN3O2-. The monoisotopic (exact) mass is 817 g/mol. The average Bonchev–Trinajstić information content (AvgIpc) is 3.43. The molecule has 0 amide bonds. The van der Waals surface area contributed by atoms with E-state index in [0.717, 1.165) is 75.7 Å². The number of hydrogen-bond acceptors (Lipinski definition) is 4. The van der Waals surface area contributed by atoms with Gasteiger partial charge in [-0.1, -0.05) is 95.0 Å². The summed E-state index contributed by atoms with van der Waals surface area (Å²) in [7, 11) is 0. The number of aliphatic hydroxyl groups excluding tert-OH is 1. The summed E-state index contributed by atoms with van der Waals surface area (Å²) < 4.78 is 2.27. The summed E-state index contributed by atoms with van der Waals surface area (Å²) in [6, 6.07) is 27.4. The van der Waals surface area contributed by atoms with Crippen molar-refractivity contribution in [1.82, 2.24) is 9.38 Å². The van der Waals surface area contributed by atoms with Crippen molar-refractivity contribution < 1.29 is 30.0 Å². The molecule has 0 aliphatic heterocycles. The van der Waals surface area contributed by atoms with Crippen LogP contribution in [0, 0.1) is 34.6 Å². The van der Waals surface area contributed by atoms with E-state index in [1.165, 1.54) is 17.0 Å². The third-order valence-corrected chi connectivity index (χ3v) is 9.23. The molecule has 48 heavy (non-hydrogen) atoms. The van der Waals surface area contributed by atoms with Crippen LogP contribution in [0.15, 0.2) is 78.7 Å². The van der Waals surface area contributed by atoms with Crippen molar-refractivity contribution >= 4 is 54.8 Å². The number of hydrogen-bond donors (Lipinski definition) is 1. The molecule has 0 saturated carbocycles. The fourth-order valence-corrected chi connectivity index (χ4v) is 6.64. The largest absolute Gasteiger partial charge is 0.512 e. The van der Waals surface area contributed by atoms with Crippen molar-refractivity contribution in [3.63, 3.8) is 0 Å². The molecule has 0 fully saturated rings. The van der Waals surface area contributed by atoms with Gasteiger partial charge >= 0.3 is 0 Å². The number of rotatable bonds is 8. The predicted octanol–water partition coefficient (Wildman–Crippen LogP) is 11.1. The second-order valence-corrected chi connectivity index (χ2v) is 13.8. The zero-order chi connectivity index (χ0) is 33.9. The maximum atomic E-state index is 11.7. The van der Waals surface area contributed by atoms with Crippen LogP contribution in [0.1, 0.15) is 85.3 Å². The Labute approximate surface area is 298 Å². The minimum Gasteiger partial charge on any atom is -0.512 e. The van der Waals surface area contributed by atoms with Gasteiger partial charge in [0.15, 0.2) is 5.78 Å². The first kappa shape index (κ1) is 36.8. The molecule has 0 bridgehead atoms. The molecule has 3 aromatic carbocycles. The van der Waals surface area contributed by atoms with Crippen LogP contribution in [0.3, 0.4) is 0 Å². The number of nitriles is 1. The second-order valence-electron chi connectivity index (χ2n) is 13.8. The summed E-state index contributed by atoms with van der Waals surface area (Å²) in [5, 5.41) is 24.9. The Morgan fingerprint density at radius 1 is 0.917 bits per heavy atom. The summed E-state index contributed by atoms with van der Waals surface area (Å²) in [4.78, 5) is 16.4. The number of fused-ring (bicyclic) bond motifs is 9. The number of allylic oxidation sites excluding steroid dienone is 2. The molecule has 0 aliphatic carbocycles. The van der Waals surface area contributed by atoms with Crippen LogP contribution in [-0.2, 0) is 31.3 Å². The molecule has 3 heterocycles. The van der Waals surface area contributed by atoms with Gasteiger partial charge in [0.05, 0.1) is 16.8 Å². The Hall–Kier alpha value is -4.04. The zero-order valence-corrected chi connectivity index (χ0v) is 31.5. The van der Waals surface area contributed by atoms with E-state index in [9.17, 15) is 15.2 Å². The summed E-state index contributed by atoms with van der Waals surface area (Å²) in [5.74, 6) is 0.547. The average molecular weight is 817 g/mol. The number of aliphatic hydroxyl groups is 1. The molecule has 1 radical (unpaired) electrons. The standard InChI is InChI=1S/C29H22N3.C13H24O2.Ir/c1-29(2,3)15-18-8-9-22-14-26-23-12-20-6-4-5-7-21(20)13-24(23)28-27(32(26)25(22)10-18)11-19(16-30)17-31-28;1-5-10(6-2)12(14)9-13(15)11(7-3)8-4;/h4-12,14,17H,15H2,1-3H3;9-11,14H,5-8H2,1-4H3;/q-1;;/b;12-9-;. The van der Waals surface area contributed by atoms with Gasteiger partial charge in [-0.15, -0.1) is 23.6 Å². The molecule has 0 unspecified atom stereocenters. The van der Waals surface area contributed by atoms with Gasteiger partial charge in [0.25, 0.3) is 0 Å². The van der Waals surface area contributed by atoms with Crippen LogP contribution in [-0.4, -0.2) is 20.3 Å². The Balaban J connectivity index is 0.000000279. The van der Waals surface area contributed by atoms with Crippen LogP contribution in [0.4, 0.5) is 0 Å². The van der Waals surface area contributed by atoms with E-state index in [-0.39, 0.29) is 48.9 Å². The van der Waals surface area contributed by atoms with Crippen LogP contribution in [0.25, 0.3) is 49.0 Å². The zero-order valence-electron chi connectivity index (χ0n) is 29.1. The molecular weight excluding hydrogens is 771 g/mol. The summed E-state index contributed by atoms with van der Waals surface area (Å²) in [5.41, 5.74) is 6.17. The Kier molecular flexibility index (Phi) is 11.8. The first-order valence-electron chi connectivity index (χ1n) is 17.0. The SMILES string of the molecule is CC(C)(C)Cc1ccc2cc3c4cc5ccccc5[c-]c4c4ncc(C#N)cc4n3c2c1.CCC(CC)C(=O)/C=C(\O)C(CC)CC.[Ir]. The van der Waals surface area contributed by atoms with Crippen LogP contribution in [0.2, 0.25) is 0 Å². The van der Waals surface area contributed by atoms with Crippen LogP contribution >= 0.6 is 0 Å². The third-order valence-electron chi connectivity index (χ3n) is 9.23. The molecule has 1 N–H and O–H groups in total. The predicted molar refractivity (Wildman–Crippen MR) is 196 cm³/mol. The molecule has 0 aliphatic rings. The van der Waals surface area contributed by atoms with Crippen LogP contribution in [0.5, 0.6) is 0 Å². The van der Waals surface area contributed by atoms with Gasteiger partial charge in [-0.05, 0) is 66.7 Å². The number of aromatic nitrogens is 2. The van der Waals surface area contributed by atoms with Gasteiger partial charge in [-0.3, -0.25) is 9.78 Å². The Bertz CT molecular complexity index is 2160. The number of nitrogens with zero attached hydrogens (tertiary/aromatic N) is 3. The Morgan fingerprint density at radius 3 is 2.25 bits per heavy atom. The topological polar surface area (TPSA) is 78.4 Å². The molecule has 0 saturated heterocycles. The van der Waals surface area contributed by atoms with E-state index < -0.39 is 0 Å². The molecule has 3 aromatic heterocycles. The molecule has 6 rings (SSSR count). The Morgan fingerprint density at radius 2 is 1.60 bits per heavy atom. The van der Waals surface area contributed by atoms with E-state index in [4.69, 9.17) is 4.98 Å². The minimum absolute atomic E-state index is 0. The van der Waals surface area contributed by atoms with Crippen LogP contribution < -0.4 is 0 Å². The molecule has 251 valence electrons. The molecule has 6 heteroatoms. The van der Waals surface area contributed by atoms with Gasteiger partial charge < -0.3 is 9.51 Å². The van der Waals surface area contributed by atoms with Crippen molar-refractivity contribution in [2.24, 2.45) is 17.3 Å². The summed E-state index contributed by atoms with van der Waals surface area (Å²) in [6.45, 7) is 14.9. The number of pyridine rings is 2.